The van der Waals surface area contributed by atoms with E-state index in [1.807, 2.05) is 9.97 Å². The third-order valence-electron chi connectivity index (χ3n) is 13.3. The van der Waals surface area contributed by atoms with Gasteiger partial charge in [0.1, 0.15) is 97.6 Å². The number of alkyl halides is 5. The van der Waals surface area contributed by atoms with Crippen molar-refractivity contribution in [3.05, 3.63) is 132 Å². The highest BCUT2D eigenvalue weighted by Gasteiger charge is 2.68. The van der Waals surface area contributed by atoms with Crippen LogP contribution in [-0.4, -0.2) is 172 Å². The van der Waals surface area contributed by atoms with Crippen molar-refractivity contribution in [2.75, 3.05) is 39.8 Å². The zero-order valence-corrected chi connectivity index (χ0v) is 43.0. The molecule has 4 fully saturated rings. The Hall–Kier alpha value is -8.87. The molecule has 0 bridgehead atoms. The van der Waals surface area contributed by atoms with Crippen LogP contribution in [0, 0.1) is 45.8 Å². The zero-order valence-electron chi connectivity index (χ0n) is 43.0. The summed E-state index contributed by atoms with van der Waals surface area (Å²) in [7, 11) is 0. The molecule has 0 unspecified atom stereocenters. The Labute approximate surface area is 462 Å². The van der Waals surface area contributed by atoms with Gasteiger partial charge in [-0.25, -0.2) is 19.2 Å². The summed E-state index contributed by atoms with van der Waals surface area (Å²) < 4.78 is 90.3. The minimum absolute atomic E-state index is 0.402. The number of aliphatic hydroxyl groups is 8. The van der Waals surface area contributed by atoms with E-state index in [1.165, 1.54) is 6.20 Å². The van der Waals surface area contributed by atoms with Crippen LogP contribution >= 0.6 is 0 Å². The average Bonchev–Trinajstić information content (AvgIpc) is 1.77. The molecule has 0 aliphatic carbocycles. The molecule has 8 heterocycles. The van der Waals surface area contributed by atoms with Crippen LogP contribution in [0.3, 0.4) is 0 Å². The van der Waals surface area contributed by atoms with Crippen LogP contribution in [-0.2, 0) is 18.9 Å². The molecule has 16 atom stereocenters. The van der Waals surface area contributed by atoms with E-state index >= 15 is 0 Å². The van der Waals surface area contributed by atoms with Crippen molar-refractivity contribution in [2.45, 2.75) is 85.3 Å². The first kappa shape index (κ1) is 66.9. The fraction of sp³-hybridized carbons (Fsp3) is 0.600. The van der Waals surface area contributed by atoms with Crippen molar-refractivity contribution in [3.63, 3.8) is 0 Å². The summed E-state index contributed by atoms with van der Waals surface area (Å²) >= 11 is 0. The number of nitrogens with zero attached hydrogens (tertiary/aromatic N) is 12. The summed E-state index contributed by atoms with van der Waals surface area (Å²) in [6.07, 6.45) is -13.5. The van der Waals surface area contributed by atoms with E-state index in [9.17, 15) is 101 Å². The van der Waals surface area contributed by atoms with Gasteiger partial charge >= 0.3 is 28.9 Å². The van der Waals surface area contributed by atoms with Crippen LogP contribution in [0.1, 0.15) is 31.8 Å². The van der Waals surface area contributed by atoms with Gasteiger partial charge in [0.25, 0.3) is 45.1 Å². The first-order valence-corrected chi connectivity index (χ1v) is 23.7. The largest absolute Gasteiger partial charge is 0.398 e. The van der Waals surface area contributed by atoms with E-state index in [2.05, 4.69) is 45.1 Å². The third-order valence-corrected chi connectivity index (χ3v) is 13.3. The third kappa shape index (κ3) is 13.4. The standard InChI is InChI=1S/C10H10F3N5O5.2C10H12FN5O5.C10H13N5O5/c11-10(12,13)5-6(21)9(3-19,16-17-14)23-7(5)18-2-1-4(20)15-8(18)22;2*11-3-5-7(19)10(4-17,14-15-12)21-8(5)16-2-1-6(18)13-9(16)20;1-5-7(18)10(4-16,13-14-11)20-8(5)15-3-2-6(17)12-9(15)19/h1-2,5-7,14,19,21H,3H2;2*1-2,5,7-8,12,17,19H,3-4H2;2-3,5,7-8,11,16,18H,4H2,1H3/p+4/t5-,6-,7+,9+;3*5-,7-,8+,10+/m0000/s1. The molecule has 8 rings (SSSR count). The van der Waals surface area contributed by atoms with Gasteiger partial charge in [0, 0.05) is 55.0 Å². The number of hydrogen-bond acceptors (Lipinski definition) is 28. The smallest absolute Gasteiger partial charge is 0.391 e. The normalized spacial score (nSPS) is 31.8. The minimum Gasteiger partial charge on any atom is -0.391 e. The number of halogens is 5. The van der Waals surface area contributed by atoms with Crippen molar-refractivity contribution in [3.8, 4) is 0 Å². The number of rotatable bonds is 14. The lowest BCUT2D eigenvalue weighted by molar-refractivity contribution is -0.211. The zero-order chi connectivity index (χ0) is 63.6. The number of H-pyrrole nitrogens is 4. The lowest BCUT2D eigenvalue weighted by Crippen LogP contribution is -2.46. The molecular formula is C40H51F5N20O20+4. The molecule has 0 aromatic carbocycles. The highest BCUT2D eigenvalue weighted by molar-refractivity contribution is 5.04. The van der Waals surface area contributed by atoms with E-state index in [-0.39, 0.29) is 0 Å². The monoisotopic (exact) mass is 1230 g/mol. The number of aliphatic hydroxyl groups excluding tert-OH is 8. The van der Waals surface area contributed by atoms with Gasteiger partial charge in [0.05, 0.1) is 25.2 Å². The lowest BCUT2D eigenvalue weighted by Gasteiger charge is -2.23. The molecule has 0 radical (unpaired) electrons. The van der Waals surface area contributed by atoms with Crippen molar-refractivity contribution in [1.29, 1.82) is 22.1 Å². The van der Waals surface area contributed by atoms with Crippen molar-refractivity contribution < 1.29 is 81.8 Å². The summed E-state index contributed by atoms with van der Waals surface area (Å²) in [5.41, 5.74) is 12.0. The van der Waals surface area contributed by atoms with Gasteiger partial charge in [0.15, 0.2) is 26.7 Å². The van der Waals surface area contributed by atoms with E-state index in [1.54, 1.807) is 11.9 Å². The van der Waals surface area contributed by atoms with Gasteiger partial charge in [-0.3, -0.25) is 66.2 Å². The molecule has 4 aromatic heterocycles. The number of aromatic nitrogens is 8. The maximum absolute atomic E-state index is 13.2. The summed E-state index contributed by atoms with van der Waals surface area (Å²) in [6, 6.07) is 3.97. The molecule has 16 N–H and O–H groups in total. The predicted octanol–water partition coefficient (Wildman–Crippen LogP) is -6.35. The molecule has 4 aliphatic rings. The molecular weight excluding hydrogens is 1180 g/mol. The fourth-order valence-electron chi connectivity index (χ4n) is 9.01. The highest BCUT2D eigenvalue weighted by Crippen LogP contribution is 2.49. The number of ether oxygens (including phenoxy) is 4. The highest BCUT2D eigenvalue weighted by atomic mass is 19.4. The SMILES string of the molecule is C[C@@H]1[C@H](n2ccc(=O)[nH]c2=O)O[C@@](CO)(N=[N+]=N)[C@H]1O.N=[N+]=N[C@]1(CO)O[C@@H](n2ccc(=O)[nH]c2=O)[C@@H](C(F)(F)F)[C@@H]1O.N=[N+]=N[C@]1(CO)O[C@@H](n2ccc(=O)[nH]c2=O)[C@@H](CF)[C@@H]1O.N=[N+]=N[C@]1(CO)O[C@@H](n2ccc(=O)[nH]c2=O)[C@@H](CF)[C@@H]1O. The Morgan fingerprint density at radius 1 is 0.482 bits per heavy atom. The summed E-state index contributed by atoms with van der Waals surface area (Å²) in [6.45, 7) is -4.19. The van der Waals surface area contributed by atoms with E-state index in [4.69, 9.17) is 41.1 Å². The second-order valence-electron chi connectivity index (χ2n) is 18.3. The number of aromatic amines is 4. The molecule has 4 aliphatic heterocycles. The molecule has 0 amide bonds. The summed E-state index contributed by atoms with van der Waals surface area (Å²) in [5.74, 6) is -5.72. The average molecular weight is 1230 g/mol. The second-order valence-corrected chi connectivity index (χ2v) is 18.3. The summed E-state index contributed by atoms with van der Waals surface area (Å²) in [4.78, 5) is 109. The van der Waals surface area contributed by atoms with Crippen molar-refractivity contribution >= 4 is 0 Å². The van der Waals surface area contributed by atoms with E-state index in [0.29, 0.717) is 4.57 Å². The molecule has 0 saturated carbocycles. The van der Waals surface area contributed by atoms with E-state index in [0.717, 1.165) is 56.6 Å². The molecule has 4 saturated heterocycles. The summed E-state index contributed by atoms with van der Waals surface area (Å²) in [5, 5.41) is 90.4. The molecule has 4 aromatic rings. The van der Waals surface area contributed by atoms with Gasteiger partial charge in [-0.05, 0) is 0 Å². The molecule has 462 valence electrons. The Morgan fingerprint density at radius 2 is 0.741 bits per heavy atom. The Kier molecular flexibility index (Phi) is 21.4. The van der Waals surface area contributed by atoms with Crippen molar-refractivity contribution in [2.24, 2.45) is 44.1 Å². The van der Waals surface area contributed by atoms with Crippen LogP contribution in [0.25, 0.3) is 0 Å². The first-order chi connectivity index (χ1) is 40.1. The van der Waals surface area contributed by atoms with Crippen LogP contribution in [0.15, 0.2) is 108 Å². The number of nitrogens with one attached hydrogen (secondary N) is 8. The second kappa shape index (κ2) is 27.2. The van der Waals surface area contributed by atoms with Gasteiger partial charge in [0.2, 0.25) is 19.6 Å². The topological polar surface area (TPSA) is 619 Å². The predicted molar refractivity (Wildman–Crippen MR) is 256 cm³/mol. The van der Waals surface area contributed by atoms with Gasteiger partial charge in [-0.2, -0.15) is 13.2 Å². The van der Waals surface area contributed by atoms with Gasteiger partial charge in [-0.15, -0.1) is 0 Å². The molecule has 45 heteroatoms. The maximum atomic E-state index is 13.2. The number of hydrogen-bond donors (Lipinski definition) is 16. The van der Waals surface area contributed by atoms with Crippen LogP contribution in [0.4, 0.5) is 22.0 Å². The Bertz CT molecular complexity index is 3620. The van der Waals surface area contributed by atoms with Crippen LogP contribution in [0.5, 0.6) is 0 Å². The lowest BCUT2D eigenvalue weighted by atomic mass is 9.95. The van der Waals surface area contributed by atoms with Crippen molar-refractivity contribution in [1.82, 2.24) is 57.9 Å². The Balaban J connectivity index is 0.000000207. The first-order valence-electron chi connectivity index (χ1n) is 23.7. The molecule has 85 heavy (non-hydrogen) atoms. The van der Waals surface area contributed by atoms with Gasteiger partial charge in [-0.1, -0.05) is 6.92 Å². The van der Waals surface area contributed by atoms with Crippen LogP contribution in [0.2, 0.25) is 0 Å². The molecule has 0 spiro atoms. The molecule has 40 nitrogen and oxygen atoms in total. The van der Waals surface area contributed by atoms with Crippen LogP contribution < -0.4 is 64.6 Å². The minimum atomic E-state index is -5.03. The fourth-order valence-corrected chi connectivity index (χ4v) is 9.01. The van der Waals surface area contributed by atoms with Gasteiger partial charge < -0.3 is 59.8 Å². The van der Waals surface area contributed by atoms with E-state index < -0.39 is 187 Å². The maximum Gasteiger partial charge on any atom is 0.398 e. The quantitative estimate of drug-likeness (QED) is 0.0317. The Morgan fingerprint density at radius 3 is 1.01 bits per heavy atom.